The quantitative estimate of drug-likeness (QED) is 0.848. The van der Waals surface area contributed by atoms with Crippen LogP contribution in [-0.2, 0) is 9.59 Å². The minimum atomic E-state index is -1.13. The van der Waals surface area contributed by atoms with Crippen molar-refractivity contribution in [1.82, 2.24) is 5.32 Å². The Bertz CT molecular complexity index is 465. The maximum absolute atomic E-state index is 11.7. The molecule has 0 unspecified atom stereocenters. The first-order valence-corrected chi connectivity index (χ1v) is 7.22. The molecule has 19 heavy (non-hydrogen) atoms. The van der Waals surface area contributed by atoms with Crippen LogP contribution in [0.1, 0.15) is 25.5 Å². The zero-order valence-electron chi connectivity index (χ0n) is 10.7. The molecule has 1 atom stereocenters. The van der Waals surface area contributed by atoms with E-state index in [9.17, 15) is 14.7 Å². The molecule has 0 aliphatic heterocycles. The fourth-order valence-corrected chi connectivity index (χ4v) is 2.24. The van der Waals surface area contributed by atoms with Gasteiger partial charge in [0.2, 0.25) is 5.91 Å². The maximum Gasteiger partial charge on any atom is 0.330 e. The van der Waals surface area contributed by atoms with Crippen molar-refractivity contribution in [2.24, 2.45) is 0 Å². The largest absolute Gasteiger partial charge is 0.479 e. The fourth-order valence-electron chi connectivity index (χ4n) is 1.43. The van der Waals surface area contributed by atoms with Gasteiger partial charge in [0.1, 0.15) is 0 Å². The Kier molecular flexibility index (Phi) is 6.18. The number of carboxylic acids is 1. The summed E-state index contributed by atoms with van der Waals surface area (Å²) >= 11 is 7.41. The van der Waals surface area contributed by atoms with Gasteiger partial charge < -0.3 is 10.4 Å². The molecule has 1 amide bonds. The van der Waals surface area contributed by atoms with Crippen LogP contribution in [0.2, 0.25) is 5.02 Å². The van der Waals surface area contributed by atoms with Crippen molar-refractivity contribution < 1.29 is 14.7 Å². The molecule has 1 aromatic rings. The number of thioether (sulfide) groups is 1. The molecule has 0 saturated carbocycles. The smallest absolute Gasteiger partial charge is 0.330 e. The molecular formula is C13H16ClNO3S. The zero-order chi connectivity index (χ0) is 14.4. The summed E-state index contributed by atoms with van der Waals surface area (Å²) in [6, 6.07) is 5.47. The Morgan fingerprint density at radius 2 is 2.00 bits per heavy atom. The highest BCUT2D eigenvalue weighted by molar-refractivity contribution is 8.00. The second kappa shape index (κ2) is 7.40. The lowest BCUT2D eigenvalue weighted by atomic mass is 10.1. The molecule has 0 aromatic heterocycles. The number of carbonyl (C=O) groups excluding carboxylic acids is 1. The van der Waals surface area contributed by atoms with Crippen molar-refractivity contribution in [2.45, 2.75) is 25.1 Å². The van der Waals surface area contributed by atoms with Gasteiger partial charge in [-0.05, 0) is 11.3 Å². The van der Waals surface area contributed by atoms with Crippen molar-refractivity contribution in [3.8, 4) is 0 Å². The van der Waals surface area contributed by atoms with Gasteiger partial charge in [-0.15, -0.1) is 11.8 Å². The molecule has 0 fully saturated rings. The van der Waals surface area contributed by atoms with E-state index in [4.69, 9.17) is 11.6 Å². The van der Waals surface area contributed by atoms with Gasteiger partial charge >= 0.3 is 5.97 Å². The molecule has 1 rings (SSSR count). The van der Waals surface area contributed by atoms with E-state index in [-0.39, 0.29) is 11.7 Å². The maximum atomic E-state index is 11.7. The van der Waals surface area contributed by atoms with Gasteiger partial charge in [0, 0.05) is 10.6 Å². The van der Waals surface area contributed by atoms with Gasteiger partial charge in [0.05, 0.1) is 5.75 Å². The Morgan fingerprint density at radius 3 is 2.53 bits per heavy atom. The average Bonchev–Trinajstić information content (AvgIpc) is 2.34. The van der Waals surface area contributed by atoms with E-state index in [1.54, 1.807) is 24.3 Å². The van der Waals surface area contributed by atoms with Crippen molar-refractivity contribution in [3.63, 3.8) is 0 Å². The number of amides is 1. The van der Waals surface area contributed by atoms with Crippen LogP contribution in [0, 0.1) is 0 Å². The molecule has 0 bridgehead atoms. The van der Waals surface area contributed by atoms with E-state index in [0.717, 1.165) is 0 Å². The van der Waals surface area contributed by atoms with Crippen molar-refractivity contribution in [1.29, 1.82) is 0 Å². The number of benzene rings is 1. The third-order valence-electron chi connectivity index (χ3n) is 2.32. The topological polar surface area (TPSA) is 66.4 Å². The lowest BCUT2D eigenvalue weighted by Gasteiger charge is -2.16. The summed E-state index contributed by atoms with van der Waals surface area (Å²) in [5, 5.41) is 12.3. The SMILES string of the molecule is CC(C)SCC(=O)N[C@@H](C(=O)O)c1ccccc1Cl. The van der Waals surface area contributed by atoms with Gasteiger partial charge in [-0.25, -0.2) is 4.79 Å². The highest BCUT2D eigenvalue weighted by Gasteiger charge is 2.24. The Balaban J connectivity index is 2.77. The second-order valence-corrected chi connectivity index (χ2v) is 6.19. The molecule has 0 radical (unpaired) electrons. The fraction of sp³-hybridized carbons (Fsp3) is 0.385. The molecule has 0 spiro atoms. The predicted octanol–water partition coefficient (Wildman–Crippen LogP) is 2.72. The summed E-state index contributed by atoms with van der Waals surface area (Å²) in [5.74, 6) is -1.21. The van der Waals surface area contributed by atoms with Crippen LogP contribution in [-0.4, -0.2) is 28.0 Å². The Hall–Kier alpha value is -1.20. The molecule has 1 aromatic carbocycles. The zero-order valence-corrected chi connectivity index (χ0v) is 12.3. The molecule has 0 saturated heterocycles. The molecule has 104 valence electrons. The third-order valence-corrected chi connectivity index (χ3v) is 3.76. The third kappa shape index (κ3) is 5.12. The van der Waals surface area contributed by atoms with Gasteiger partial charge in [-0.3, -0.25) is 4.79 Å². The molecule has 0 aliphatic carbocycles. The summed E-state index contributed by atoms with van der Waals surface area (Å²) < 4.78 is 0. The predicted molar refractivity (Wildman–Crippen MR) is 77.6 cm³/mol. The van der Waals surface area contributed by atoms with Crippen LogP contribution in [0.4, 0.5) is 0 Å². The number of aliphatic carboxylic acids is 1. The van der Waals surface area contributed by atoms with Crippen LogP contribution in [0.25, 0.3) is 0 Å². The number of hydrogen-bond donors (Lipinski definition) is 2. The van der Waals surface area contributed by atoms with Crippen LogP contribution in [0.5, 0.6) is 0 Å². The number of hydrogen-bond acceptors (Lipinski definition) is 3. The molecule has 6 heteroatoms. The summed E-state index contributed by atoms with van der Waals surface area (Å²) in [6.45, 7) is 3.95. The van der Waals surface area contributed by atoms with E-state index in [1.165, 1.54) is 11.8 Å². The lowest BCUT2D eigenvalue weighted by molar-refractivity contribution is -0.141. The Labute approximate surface area is 121 Å². The summed E-state index contributed by atoms with van der Waals surface area (Å²) in [7, 11) is 0. The number of nitrogens with one attached hydrogen (secondary N) is 1. The first-order chi connectivity index (χ1) is 8.91. The van der Waals surface area contributed by atoms with E-state index < -0.39 is 12.0 Å². The lowest BCUT2D eigenvalue weighted by Crippen LogP contribution is -2.35. The second-order valence-electron chi connectivity index (χ2n) is 4.22. The molecule has 0 heterocycles. The molecule has 4 nitrogen and oxygen atoms in total. The van der Waals surface area contributed by atoms with Crippen LogP contribution >= 0.6 is 23.4 Å². The highest BCUT2D eigenvalue weighted by atomic mass is 35.5. The Morgan fingerprint density at radius 1 is 1.37 bits per heavy atom. The van der Waals surface area contributed by atoms with Crippen LogP contribution in [0.15, 0.2) is 24.3 Å². The van der Waals surface area contributed by atoms with Crippen molar-refractivity contribution in [3.05, 3.63) is 34.9 Å². The van der Waals surface area contributed by atoms with E-state index in [1.807, 2.05) is 13.8 Å². The summed E-state index contributed by atoms with van der Waals surface area (Å²) in [6.07, 6.45) is 0. The minimum absolute atomic E-state index is 0.228. The van der Waals surface area contributed by atoms with Crippen LogP contribution in [0.3, 0.4) is 0 Å². The van der Waals surface area contributed by atoms with Gasteiger partial charge in [0.25, 0.3) is 0 Å². The van der Waals surface area contributed by atoms with Crippen molar-refractivity contribution >= 4 is 35.2 Å². The standard InChI is InChI=1S/C13H16ClNO3S/c1-8(2)19-7-11(16)15-12(13(17)18)9-5-3-4-6-10(9)14/h3-6,8,12H,7H2,1-2H3,(H,15,16)(H,17,18)/t12-/m1/s1. The van der Waals surface area contributed by atoms with Crippen LogP contribution < -0.4 is 5.32 Å². The highest BCUT2D eigenvalue weighted by Crippen LogP contribution is 2.23. The monoisotopic (exact) mass is 301 g/mol. The normalized spacial score (nSPS) is 12.2. The number of carbonyl (C=O) groups is 2. The summed E-state index contributed by atoms with van der Waals surface area (Å²) in [4.78, 5) is 23.0. The van der Waals surface area contributed by atoms with E-state index in [0.29, 0.717) is 15.8 Å². The van der Waals surface area contributed by atoms with Gasteiger partial charge in [-0.1, -0.05) is 43.6 Å². The molecule has 0 aliphatic rings. The number of carboxylic acid groups (broad SMARTS) is 1. The average molecular weight is 302 g/mol. The summed E-state index contributed by atoms with van der Waals surface area (Å²) in [5.41, 5.74) is 0.388. The van der Waals surface area contributed by atoms with Gasteiger partial charge in [0.15, 0.2) is 6.04 Å². The molecule has 2 N–H and O–H groups in total. The first-order valence-electron chi connectivity index (χ1n) is 5.80. The number of halogens is 1. The van der Waals surface area contributed by atoms with Crippen molar-refractivity contribution in [2.75, 3.05) is 5.75 Å². The van der Waals surface area contributed by atoms with Gasteiger partial charge in [-0.2, -0.15) is 0 Å². The minimum Gasteiger partial charge on any atom is -0.479 e. The first kappa shape index (κ1) is 15.9. The van der Waals surface area contributed by atoms with E-state index in [2.05, 4.69) is 5.32 Å². The number of rotatable bonds is 6. The molecular weight excluding hydrogens is 286 g/mol. The van der Waals surface area contributed by atoms with E-state index >= 15 is 0 Å².